The summed E-state index contributed by atoms with van der Waals surface area (Å²) in [5.41, 5.74) is 4.57. The molecule has 0 saturated heterocycles. The SMILES string of the molecule is O=C(/C=C/c1cc(Cl)ccc1-n1cnnn1)NC(Cc1ccccc1)C(=O)Nc1ccc(NC(=O)Nc2ccc3[nH]ncc3c2)cc1. The zero-order valence-corrected chi connectivity index (χ0v) is 25.3. The van der Waals surface area contributed by atoms with Crippen LogP contribution in [0.15, 0.2) is 110 Å². The minimum absolute atomic E-state index is 0.254. The van der Waals surface area contributed by atoms with Gasteiger partial charge in [-0.05, 0) is 82.7 Å². The van der Waals surface area contributed by atoms with E-state index in [2.05, 4.69) is 47.0 Å². The Hall–Kier alpha value is -6.34. The second-order valence-electron chi connectivity index (χ2n) is 10.4. The molecule has 6 rings (SSSR count). The number of hydrogen-bond acceptors (Lipinski definition) is 7. The summed E-state index contributed by atoms with van der Waals surface area (Å²) in [5.74, 6) is -0.901. The number of tetrazole rings is 1. The van der Waals surface area contributed by atoms with Gasteiger partial charge in [0.15, 0.2) is 0 Å². The van der Waals surface area contributed by atoms with E-state index in [0.717, 1.165) is 16.5 Å². The van der Waals surface area contributed by atoms with E-state index in [1.54, 1.807) is 60.8 Å². The highest BCUT2D eigenvalue weighted by molar-refractivity contribution is 6.30. The van der Waals surface area contributed by atoms with Crippen LogP contribution in [0.2, 0.25) is 5.02 Å². The van der Waals surface area contributed by atoms with Crippen molar-refractivity contribution in [2.24, 2.45) is 0 Å². The van der Waals surface area contributed by atoms with Crippen molar-refractivity contribution in [2.45, 2.75) is 12.5 Å². The summed E-state index contributed by atoms with van der Waals surface area (Å²) in [7, 11) is 0. The number of carbonyl (C=O) groups is 3. The van der Waals surface area contributed by atoms with Crippen LogP contribution >= 0.6 is 11.6 Å². The fourth-order valence-corrected chi connectivity index (χ4v) is 4.94. The molecule has 13 nitrogen and oxygen atoms in total. The minimum atomic E-state index is -0.899. The Bertz CT molecular complexity index is 2040. The molecule has 2 heterocycles. The first-order chi connectivity index (χ1) is 22.9. The molecule has 4 aromatic carbocycles. The summed E-state index contributed by atoms with van der Waals surface area (Å²) in [6.45, 7) is 0. The molecule has 5 N–H and O–H groups in total. The van der Waals surface area contributed by atoms with Gasteiger partial charge in [0.25, 0.3) is 0 Å². The molecule has 14 heteroatoms. The lowest BCUT2D eigenvalue weighted by Gasteiger charge is -2.18. The number of halogens is 1. The van der Waals surface area contributed by atoms with Gasteiger partial charge in [0.1, 0.15) is 12.4 Å². The predicted octanol–water partition coefficient (Wildman–Crippen LogP) is 5.22. The first-order valence-electron chi connectivity index (χ1n) is 14.4. The van der Waals surface area contributed by atoms with Gasteiger partial charge >= 0.3 is 6.03 Å². The van der Waals surface area contributed by atoms with E-state index in [1.165, 1.54) is 17.1 Å². The van der Waals surface area contributed by atoms with Crippen molar-refractivity contribution < 1.29 is 14.4 Å². The lowest BCUT2D eigenvalue weighted by atomic mass is 10.0. The first kappa shape index (κ1) is 30.7. The first-order valence-corrected chi connectivity index (χ1v) is 14.7. The Kier molecular flexibility index (Phi) is 9.25. The van der Waals surface area contributed by atoms with Gasteiger partial charge < -0.3 is 21.3 Å². The third-order valence-electron chi connectivity index (χ3n) is 7.02. The van der Waals surface area contributed by atoms with Crippen molar-refractivity contribution >= 4 is 63.5 Å². The van der Waals surface area contributed by atoms with Gasteiger partial charge in [-0.15, -0.1) is 5.10 Å². The van der Waals surface area contributed by atoms with Crippen LogP contribution < -0.4 is 21.3 Å². The number of rotatable bonds is 10. The second kappa shape index (κ2) is 14.2. The number of hydrogen-bond donors (Lipinski definition) is 5. The van der Waals surface area contributed by atoms with Crippen LogP contribution in [0.1, 0.15) is 11.1 Å². The standard InChI is InChI=1S/C33H27ClN10O3/c34-24-7-14-30(44-20-36-42-43-44)22(17-24)6-15-31(45)40-29(16-21-4-2-1-3-5-21)32(46)37-25-8-10-26(11-9-25)38-33(47)39-27-12-13-28-23(18-27)19-35-41-28/h1-15,17-20,29H,16H2,(H,35,41)(H,37,46)(H,40,45)(H2,38,39,47)/b15-6+. The number of aromatic amines is 1. The zero-order chi connectivity index (χ0) is 32.6. The molecule has 2 aromatic heterocycles. The van der Waals surface area contributed by atoms with Crippen LogP contribution in [-0.2, 0) is 16.0 Å². The number of fused-ring (bicyclic) bond motifs is 1. The van der Waals surface area contributed by atoms with Crippen molar-refractivity contribution in [1.29, 1.82) is 0 Å². The quantitative estimate of drug-likeness (QED) is 0.127. The average Bonchev–Trinajstić information content (AvgIpc) is 3.78. The number of aromatic nitrogens is 6. The van der Waals surface area contributed by atoms with Crippen LogP contribution in [-0.4, -0.2) is 54.3 Å². The lowest BCUT2D eigenvalue weighted by molar-refractivity contribution is -0.123. The van der Waals surface area contributed by atoms with E-state index in [4.69, 9.17) is 11.6 Å². The van der Waals surface area contributed by atoms with Gasteiger partial charge in [0.05, 0.1) is 17.4 Å². The Morgan fingerprint density at radius 2 is 1.62 bits per heavy atom. The van der Waals surface area contributed by atoms with Crippen LogP contribution in [0.3, 0.4) is 0 Å². The topological polar surface area (TPSA) is 172 Å². The number of anilines is 3. The lowest BCUT2D eigenvalue weighted by Crippen LogP contribution is -2.44. The number of H-pyrrole nitrogens is 1. The van der Waals surface area contributed by atoms with Gasteiger partial charge in [0, 0.05) is 45.5 Å². The van der Waals surface area contributed by atoms with Crippen LogP contribution in [0.25, 0.3) is 22.7 Å². The molecule has 1 atom stereocenters. The van der Waals surface area contributed by atoms with Gasteiger partial charge in [-0.25, -0.2) is 4.79 Å². The van der Waals surface area contributed by atoms with E-state index in [1.807, 2.05) is 42.5 Å². The third kappa shape index (κ3) is 8.04. The van der Waals surface area contributed by atoms with E-state index < -0.39 is 23.9 Å². The molecule has 47 heavy (non-hydrogen) atoms. The summed E-state index contributed by atoms with van der Waals surface area (Å²) in [5, 5.41) is 30.6. The monoisotopic (exact) mass is 646 g/mol. The Morgan fingerprint density at radius 1 is 0.872 bits per heavy atom. The maximum atomic E-state index is 13.4. The molecular formula is C33H27ClN10O3. The van der Waals surface area contributed by atoms with E-state index in [9.17, 15) is 14.4 Å². The molecule has 0 saturated carbocycles. The van der Waals surface area contributed by atoms with E-state index >= 15 is 0 Å². The minimum Gasteiger partial charge on any atom is -0.340 e. The maximum Gasteiger partial charge on any atom is 0.323 e. The fraction of sp³-hybridized carbons (Fsp3) is 0.0606. The van der Waals surface area contributed by atoms with Crippen molar-refractivity contribution in [3.63, 3.8) is 0 Å². The molecule has 0 aliphatic carbocycles. The summed E-state index contributed by atoms with van der Waals surface area (Å²) >= 11 is 6.19. The largest absolute Gasteiger partial charge is 0.340 e. The van der Waals surface area contributed by atoms with Crippen molar-refractivity contribution in [1.82, 2.24) is 35.7 Å². The molecule has 1 unspecified atom stereocenters. The molecule has 0 bridgehead atoms. The number of nitrogens with zero attached hydrogens (tertiary/aromatic N) is 5. The van der Waals surface area contributed by atoms with Gasteiger partial charge in [0.2, 0.25) is 11.8 Å². The van der Waals surface area contributed by atoms with Crippen molar-refractivity contribution in [3.05, 3.63) is 126 Å². The Balaban J connectivity index is 1.10. The highest BCUT2D eigenvalue weighted by Crippen LogP contribution is 2.21. The number of urea groups is 1. The predicted molar refractivity (Wildman–Crippen MR) is 179 cm³/mol. The summed E-state index contributed by atoms with van der Waals surface area (Å²) < 4.78 is 1.45. The molecule has 0 radical (unpaired) electrons. The second-order valence-corrected chi connectivity index (χ2v) is 10.8. The number of nitrogens with one attached hydrogen (secondary N) is 5. The fourth-order valence-electron chi connectivity index (χ4n) is 4.76. The molecule has 0 fully saturated rings. The Labute approximate surface area is 273 Å². The van der Waals surface area contributed by atoms with Crippen molar-refractivity contribution in [2.75, 3.05) is 16.0 Å². The summed E-state index contributed by atoms with van der Waals surface area (Å²) in [4.78, 5) is 39.1. The molecule has 4 amide bonds. The third-order valence-corrected chi connectivity index (χ3v) is 7.26. The normalized spacial score (nSPS) is 11.7. The molecule has 0 spiro atoms. The highest BCUT2D eigenvalue weighted by Gasteiger charge is 2.21. The number of carbonyl (C=O) groups excluding carboxylic acids is 3. The van der Waals surface area contributed by atoms with Crippen molar-refractivity contribution in [3.8, 4) is 5.69 Å². The summed E-state index contributed by atoms with van der Waals surface area (Å²) in [6, 6.07) is 25.2. The molecular weight excluding hydrogens is 620 g/mol. The highest BCUT2D eigenvalue weighted by atomic mass is 35.5. The molecule has 6 aromatic rings. The smallest absolute Gasteiger partial charge is 0.323 e. The summed E-state index contributed by atoms with van der Waals surface area (Å²) in [6.07, 6.45) is 6.26. The van der Waals surface area contributed by atoms with Crippen LogP contribution in [0.4, 0.5) is 21.9 Å². The van der Waals surface area contributed by atoms with Gasteiger partial charge in [-0.2, -0.15) is 9.78 Å². The molecule has 0 aliphatic heterocycles. The van der Waals surface area contributed by atoms with Crippen LogP contribution in [0.5, 0.6) is 0 Å². The molecule has 0 aliphatic rings. The van der Waals surface area contributed by atoms with Gasteiger partial charge in [-0.3, -0.25) is 14.7 Å². The zero-order valence-electron chi connectivity index (χ0n) is 24.6. The van der Waals surface area contributed by atoms with Gasteiger partial charge in [-0.1, -0.05) is 41.9 Å². The van der Waals surface area contributed by atoms with Crippen LogP contribution in [0, 0.1) is 0 Å². The number of amides is 4. The number of benzene rings is 4. The average molecular weight is 647 g/mol. The maximum absolute atomic E-state index is 13.4. The van der Waals surface area contributed by atoms with E-state index in [0.29, 0.717) is 33.3 Å². The molecule has 234 valence electrons. The Morgan fingerprint density at radius 3 is 2.38 bits per heavy atom. The van der Waals surface area contributed by atoms with E-state index in [-0.39, 0.29) is 6.42 Å².